The number of aromatic nitrogens is 3. The molecule has 4 aromatic rings. The number of benzene rings is 2. The van der Waals surface area contributed by atoms with Gasteiger partial charge in [-0.25, -0.2) is 13.3 Å². The summed E-state index contributed by atoms with van der Waals surface area (Å²) in [5.74, 6) is -1.59. The van der Waals surface area contributed by atoms with Crippen LogP contribution in [0.2, 0.25) is 0 Å². The second kappa shape index (κ2) is 10.7. The number of carbonyl (C=O) groups excluding carboxylic acids is 1. The normalized spacial score (nSPS) is 13.7. The van der Waals surface area contributed by atoms with E-state index in [0.29, 0.717) is 40.8 Å². The number of hydrogen-bond donors (Lipinski definition) is 3. The van der Waals surface area contributed by atoms with Crippen LogP contribution in [0.1, 0.15) is 54.3 Å². The van der Waals surface area contributed by atoms with Gasteiger partial charge in [-0.3, -0.25) is 4.79 Å². The van der Waals surface area contributed by atoms with E-state index in [0.717, 1.165) is 0 Å². The molecule has 0 radical (unpaired) electrons. The summed E-state index contributed by atoms with van der Waals surface area (Å²) < 4.78 is 30.8. The molecule has 0 fully saturated rings. The minimum atomic E-state index is -1.06. The number of aryl methyl sites for hydroxylation is 1. The van der Waals surface area contributed by atoms with E-state index in [1.54, 1.807) is 44.3 Å². The maximum absolute atomic E-state index is 15.8. The molecule has 9 heteroatoms. The molecule has 0 aliphatic carbocycles. The van der Waals surface area contributed by atoms with Crippen molar-refractivity contribution in [1.29, 1.82) is 0 Å². The molecule has 2 heterocycles. The number of nitrogens with one attached hydrogen (secondary N) is 1. The van der Waals surface area contributed by atoms with Crippen LogP contribution in [0, 0.1) is 24.0 Å². The van der Waals surface area contributed by atoms with Gasteiger partial charge in [0, 0.05) is 23.7 Å². The predicted molar refractivity (Wildman–Crippen MR) is 143 cm³/mol. The fourth-order valence-corrected chi connectivity index (χ4v) is 4.90. The number of amides is 1. The third kappa shape index (κ3) is 5.02. The highest BCUT2D eigenvalue weighted by atomic mass is 19.1. The minimum Gasteiger partial charge on any atom is -0.387 e. The highest BCUT2D eigenvalue weighted by molar-refractivity contribution is 5.97. The third-order valence-corrected chi connectivity index (χ3v) is 7.06. The molecule has 0 aliphatic heterocycles. The Kier molecular flexibility index (Phi) is 7.59. The van der Waals surface area contributed by atoms with Crippen molar-refractivity contribution in [1.82, 2.24) is 19.9 Å². The van der Waals surface area contributed by atoms with Gasteiger partial charge >= 0.3 is 0 Å². The van der Waals surface area contributed by atoms with Crippen molar-refractivity contribution >= 4 is 17.5 Å². The Morgan fingerprint density at radius 3 is 2.58 bits per heavy atom. The van der Waals surface area contributed by atoms with E-state index in [2.05, 4.69) is 22.0 Å². The minimum absolute atomic E-state index is 0.0155. The molecule has 1 amide bonds. The lowest BCUT2D eigenvalue weighted by molar-refractivity contribution is 0.0408. The second-order valence-electron chi connectivity index (χ2n) is 9.63. The Morgan fingerprint density at radius 2 is 1.92 bits per heavy atom. The van der Waals surface area contributed by atoms with Gasteiger partial charge in [-0.1, -0.05) is 49.8 Å². The van der Waals surface area contributed by atoms with E-state index >= 15 is 4.39 Å². The monoisotopic (exact) mass is 519 g/mol. The fraction of sp³-hybridized carbons (Fsp3) is 0.276. The molecule has 0 saturated heterocycles. The number of halogens is 2. The Labute approximate surface area is 220 Å². The quantitative estimate of drug-likeness (QED) is 0.257. The first-order valence-corrected chi connectivity index (χ1v) is 12.4. The predicted octanol–water partition coefficient (Wildman–Crippen LogP) is 5.39. The summed E-state index contributed by atoms with van der Waals surface area (Å²) in [4.78, 5) is 17.5. The molecule has 0 spiro atoms. The number of carbonyl (C=O) groups is 1. The first kappa shape index (κ1) is 26.9. The maximum atomic E-state index is 15.8. The van der Waals surface area contributed by atoms with Gasteiger partial charge in [0.2, 0.25) is 5.95 Å². The number of rotatable bonds is 9. The van der Waals surface area contributed by atoms with Gasteiger partial charge < -0.3 is 16.2 Å². The Balaban J connectivity index is 1.66. The first-order valence-electron chi connectivity index (χ1n) is 12.4. The summed E-state index contributed by atoms with van der Waals surface area (Å²) in [6, 6.07) is 12.2. The zero-order chi connectivity index (χ0) is 27.6. The average molecular weight is 520 g/mol. The molecule has 0 aliphatic rings. The van der Waals surface area contributed by atoms with Gasteiger partial charge in [0.25, 0.3) is 5.91 Å². The lowest BCUT2D eigenvalue weighted by Gasteiger charge is -2.39. The van der Waals surface area contributed by atoms with E-state index in [1.165, 1.54) is 28.8 Å². The van der Waals surface area contributed by atoms with Gasteiger partial charge in [-0.15, -0.1) is 5.10 Å². The van der Waals surface area contributed by atoms with Crippen LogP contribution in [0.4, 0.5) is 14.7 Å². The molecule has 0 bridgehead atoms. The van der Waals surface area contributed by atoms with Crippen LogP contribution in [-0.4, -0.2) is 32.2 Å². The van der Waals surface area contributed by atoms with Gasteiger partial charge in [0.15, 0.2) is 5.65 Å². The van der Waals surface area contributed by atoms with Crippen molar-refractivity contribution in [2.45, 2.75) is 39.7 Å². The molecule has 4 N–H and O–H groups in total. The number of fused-ring (bicyclic) bond motifs is 1. The summed E-state index contributed by atoms with van der Waals surface area (Å²) in [5, 5.41) is 18.2. The molecular formula is C29H31F2N5O2. The fourth-order valence-electron chi connectivity index (χ4n) is 4.90. The molecule has 2 aromatic heterocycles. The van der Waals surface area contributed by atoms with Crippen molar-refractivity contribution in [3.8, 4) is 11.1 Å². The molecule has 0 saturated carbocycles. The SMILES string of the molecule is C=C(C)C(CCC)(CNC(=O)c1c(C)ccc(-c2ccn3nc(N)nc3c2)c1F)[C@@H](O)c1ccc(F)cc1. The molecule has 198 valence electrons. The Bertz CT molecular complexity index is 1500. The van der Waals surface area contributed by atoms with Crippen molar-refractivity contribution in [2.24, 2.45) is 5.41 Å². The van der Waals surface area contributed by atoms with Gasteiger partial charge in [-0.05, 0) is 61.2 Å². The smallest absolute Gasteiger partial charge is 0.254 e. The molecule has 4 rings (SSSR count). The number of hydrogen-bond acceptors (Lipinski definition) is 5. The highest BCUT2D eigenvalue weighted by Gasteiger charge is 2.39. The highest BCUT2D eigenvalue weighted by Crippen LogP contribution is 2.43. The number of nitrogens with zero attached hydrogens (tertiary/aromatic N) is 3. The zero-order valence-electron chi connectivity index (χ0n) is 21.6. The van der Waals surface area contributed by atoms with E-state index < -0.39 is 29.1 Å². The van der Waals surface area contributed by atoms with Gasteiger partial charge in [0.1, 0.15) is 11.6 Å². The zero-order valence-corrected chi connectivity index (χ0v) is 21.6. The van der Waals surface area contributed by atoms with Crippen molar-refractivity contribution in [2.75, 3.05) is 12.3 Å². The second-order valence-corrected chi connectivity index (χ2v) is 9.63. The number of nitrogens with two attached hydrogens (primary N) is 1. The van der Waals surface area contributed by atoms with Gasteiger partial charge in [0.05, 0.1) is 11.7 Å². The summed E-state index contributed by atoms with van der Waals surface area (Å²) >= 11 is 0. The molecule has 2 atom stereocenters. The molecular weight excluding hydrogens is 488 g/mol. The number of aliphatic hydroxyl groups is 1. The topological polar surface area (TPSA) is 106 Å². The Morgan fingerprint density at radius 1 is 1.21 bits per heavy atom. The summed E-state index contributed by atoms with van der Waals surface area (Å²) in [7, 11) is 0. The number of nitrogen functional groups attached to an aromatic ring is 1. The maximum Gasteiger partial charge on any atom is 0.254 e. The van der Waals surface area contributed by atoms with E-state index in [1.807, 2.05) is 6.92 Å². The van der Waals surface area contributed by atoms with Crippen LogP contribution in [0.15, 0.2) is 66.9 Å². The van der Waals surface area contributed by atoms with Crippen LogP contribution in [0.3, 0.4) is 0 Å². The molecule has 7 nitrogen and oxygen atoms in total. The lowest BCUT2D eigenvalue weighted by Crippen LogP contribution is -2.43. The molecule has 2 aromatic carbocycles. The van der Waals surface area contributed by atoms with E-state index in [-0.39, 0.29) is 23.6 Å². The molecule has 38 heavy (non-hydrogen) atoms. The Hall–Kier alpha value is -4.11. The van der Waals surface area contributed by atoms with Crippen LogP contribution in [0.5, 0.6) is 0 Å². The third-order valence-electron chi connectivity index (χ3n) is 7.06. The molecule has 1 unspecified atom stereocenters. The largest absolute Gasteiger partial charge is 0.387 e. The van der Waals surface area contributed by atoms with E-state index in [4.69, 9.17) is 5.73 Å². The first-order chi connectivity index (χ1) is 18.1. The van der Waals surface area contributed by atoms with Crippen LogP contribution in [0.25, 0.3) is 16.8 Å². The van der Waals surface area contributed by atoms with Crippen molar-refractivity contribution in [3.05, 3.63) is 95.2 Å². The number of anilines is 1. The summed E-state index contributed by atoms with van der Waals surface area (Å²) in [6.07, 6.45) is 1.76. The van der Waals surface area contributed by atoms with Crippen molar-refractivity contribution in [3.63, 3.8) is 0 Å². The number of aliphatic hydroxyl groups excluding tert-OH is 1. The summed E-state index contributed by atoms with van der Waals surface area (Å²) in [5.41, 5.74) is 7.45. The average Bonchev–Trinajstić information content (AvgIpc) is 3.25. The van der Waals surface area contributed by atoms with E-state index in [9.17, 15) is 14.3 Å². The number of pyridine rings is 1. The standard InChI is InChI=1S/C29H31F2N5O2/c1-5-13-29(17(2)3,26(37)19-7-9-21(30)10-8-19)16-33-27(38)24-18(4)6-11-22(25(24)31)20-12-14-36-23(15-20)34-28(32)35-36/h6-12,14-15,26,37H,2,5,13,16H2,1,3-4H3,(H2,32,35)(H,33,38)/t26-,29?/m0/s1. The van der Waals surface area contributed by atoms with Gasteiger partial charge in [-0.2, -0.15) is 4.98 Å². The lowest BCUT2D eigenvalue weighted by atomic mass is 9.70. The van der Waals surface area contributed by atoms with Crippen molar-refractivity contribution < 1.29 is 18.7 Å². The van der Waals surface area contributed by atoms with Crippen LogP contribution < -0.4 is 11.1 Å². The van der Waals surface area contributed by atoms with Crippen LogP contribution >= 0.6 is 0 Å². The van der Waals surface area contributed by atoms with Crippen LogP contribution in [-0.2, 0) is 0 Å². The summed E-state index contributed by atoms with van der Waals surface area (Å²) in [6.45, 7) is 9.52.